The lowest BCUT2D eigenvalue weighted by Gasteiger charge is -2.27. The Kier molecular flexibility index (Phi) is 5.80. The fraction of sp³-hybridized carbons (Fsp3) is 0.333. The molecule has 0 radical (unpaired) electrons. The summed E-state index contributed by atoms with van der Waals surface area (Å²) in [4.78, 5) is 19.0. The number of hydrogen-bond acceptors (Lipinski definition) is 6. The van der Waals surface area contributed by atoms with E-state index in [0.29, 0.717) is 41.0 Å². The van der Waals surface area contributed by atoms with E-state index in [1.54, 1.807) is 24.4 Å². The van der Waals surface area contributed by atoms with E-state index in [9.17, 15) is 4.79 Å². The second-order valence-corrected chi connectivity index (χ2v) is 6.05. The molecule has 1 fully saturated rings. The first-order valence-corrected chi connectivity index (χ1v) is 8.52. The third kappa shape index (κ3) is 4.00. The van der Waals surface area contributed by atoms with Gasteiger partial charge in [0, 0.05) is 31.4 Å². The molecule has 1 amide bonds. The number of benzene rings is 1. The van der Waals surface area contributed by atoms with Crippen LogP contribution in [0.1, 0.15) is 10.4 Å². The molecule has 0 unspecified atom stereocenters. The van der Waals surface area contributed by atoms with Crippen molar-refractivity contribution in [2.45, 2.75) is 0 Å². The standard InChI is InChI=1S/C18H20ClN3O4/c1-24-15-9-13(19)14(10-16(15)25-2)21-18(23)12-3-4-17(20-11-12)22-5-7-26-8-6-22/h3-4,9-11H,5-8H2,1-2H3,(H,21,23). The van der Waals surface area contributed by atoms with Crippen molar-refractivity contribution < 1.29 is 19.0 Å². The first kappa shape index (κ1) is 18.3. The minimum atomic E-state index is -0.305. The maximum Gasteiger partial charge on any atom is 0.257 e. The number of anilines is 2. The van der Waals surface area contributed by atoms with Gasteiger partial charge in [0.15, 0.2) is 11.5 Å². The van der Waals surface area contributed by atoms with Crippen molar-refractivity contribution in [2.75, 3.05) is 50.7 Å². The van der Waals surface area contributed by atoms with Crippen LogP contribution in [0.2, 0.25) is 5.02 Å². The lowest BCUT2D eigenvalue weighted by atomic mass is 10.2. The number of ether oxygens (including phenoxy) is 3. The molecular weight excluding hydrogens is 358 g/mol. The van der Waals surface area contributed by atoms with Crippen LogP contribution in [0.4, 0.5) is 11.5 Å². The van der Waals surface area contributed by atoms with Gasteiger partial charge in [-0.25, -0.2) is 4.98 Å². The maximum absolute atomic E-state index is 12.5. The SMILES string of the molecule is COc1cc(Cl)c(NC(=O)c2ccc(N3CCOCC3)nc2)cc1OC. The van der Waals surface area contributed by atoms with Gasteiger partial charge in [0.2, 0.25) is 0 Å². The quantitative estimate of drug-likeness (QED) is 0.863. The number of rotatable bonds is 5. The van der Waals surface area contributed by atoms with Gasteiger partial charge in [0.05, 0.1) is 43.7 Å². The van der Waals surface area contributed by atoms with Crippen LogP contribution in [-0.2, 0) is 4.74 Å². The molecule has 7 nitrogen and oxygen atoms in total. The lowest BCUT2D eigenvalue weighted by molar-refractivity contribution is 0.102. The van der Waals surface area contributed by atoms with Crippen LogP contribution >= 0.6 is 11.6 Å². The van der Waals surface area contributed by atoms with Gasteiger partial charge in [-0.15, -0.1) is 0 Å². The molecule has 8 heteroatoms. The zero-order valence-corrected chi connectivity index (χ0v) is 15.4. The number of carbonyl (C=O) groups is 1. The lowest BCUT2D eigenvalue weighted by Crippen LogP contribution is -2.36. The average molecular weight is 378 g/mol. The first-order valence-electron chi connectivity index (χ1n) is 8.14. The van der Waals surface area contributed by atoms with Crippen LogP contribution in [0.25, 0.3) is 0 Å². The van der Waals surface area contributed by atoms with Crippen LogP contribution in [0, 0.1) is 0 Å². The van der Waals surface area contributed by atoms with E-state index in [4.69, 9.17) is 25.8 Å². The van der Waals surface area contributed by atoms with Gasteiger partial charge in [0.1, 0.15) is 5.82 Å². The number of halogens is 1. The molecule has 0 atom stereocenters. The number of hydrogen-bond donors (Lipinski definition) is 1. The van der Waals surface area contributed by atoms with Gasteiger partial charge >= 0.3 is 0 Å². The highest BCUT2D eigenvalue weighted by Gasteiger charge is 2.15. The Bertz CT molecular complexity index is 777. The highest BCUT2D eigenvalue weighted by Crippen LogP contribution is 2.36. The normalized spacial score (nSPS) is 14.0. The molecule has 1 aromatic heterocycles. The molecule has 2 aromatic rings. The molecule has 0 spiro atoms. The van der Waals surface area contributed by atoms with E-state index in [1.807, 2.05) is 6.07 Å². The van der Waals surface area contributed by atoms with Gasteiger partial charge in [-0.3, -0.25) is 4.79 Å². The Balaban J connectivity index is 1.73. The van der Waals surface area contributed by atoms with Crippen LogP contribution in [0.15, 0.2) is 30.5 Å². The van der Waals surface area contributed by atoms with E-state index in [-0.39, 0.29) is 5.91 Å². The molecule has 1 N–H and O–H groups in total. The fourth-order valence-electron chi connectivity index (χ4n) is 2.64. The van der Waals surface area contributed by atoms with Gasteiger partial charge in [-0.2, -0.15) is 0 Å². The minimum Gasteiger partial charge on any atom is -0.493 e. The summed E-state index contributed by atoms with van der Waals surface area (Å²) >= 11 is 6.21. The number of amides is 1. The Labute approximate surface area is 156 Å². The van der Waals surface area contributed by atoms with Crippen LogP contribution < -0.4 is 19.7 Å². The van der Waals surface area contributed by atoms with Crippen LogP contribution in [-0.4, -0.2) is 51.4 Å². The maximum atomic E-state index is 12.5. The van der Waals surface area contributed by atoms with Crippen molar-refractivity contribution in [1.82, 2.24) is 4.98 Å². The Morgan fingerprint density at radius 1 is 1.19 bits per heavy atom. The van der Waals surface area contributed by atoms with Gasteiger partial charge < -0.3 is 24.4 Å². The van der Waals surface area contributed by atoms with Crippen molar-refractivity contribution >= 4 is 29.0 Å². The second kappa shape index (κ2) is 8.25. The van der Waals surface area contributed by atoms with E-state index in [0.717, 1.165) is 18.9 Å². The molecule has 1 aliphatic heterocycles. The number of nitrogens with one attached hydrogen (secondary N) is 1. The summed E-state index contributed by atoms with van der Waals surface area (Å²) in [6.07, 6.45) is 1.55. The summed E-state index contributed by atoms with van der Waals surface area (Å²) in [6, 6.07) is 6.78. The summed E-state index contributed by atoms with van der Waals surface area (Å²) in [5.74, 6) is 1.49. The van der Waals surface area contributed by atoms with Gasteiger partial charge in [-0.1, -0.05) is 11.6 Å². The molecule has 1 aliphatic rings. The molecule has 3 rings (SSSR count). The van der Waals surface area contributed by atoms with Crippen molar-refractivity contribution in [3.63, 3.8) is 0 Å². The number of aromatic nitrogens is 1. The number of methoxy groups -OCH3 is 2. The molecule has 1 aromatic carbocycles. The second-order valence-electron chi connectivity index (χ2n) is 5.65. The summed E-state index contributed by atoms with van der Waals surface area (Å²) in [5.41, 5.74) is 0.874. The Morgan fingerprint density at radius 3 is 2.50 bits per heavy atom. The van der Waals surface area contributed by atoms with E-state index in [1.165, 1.54) is 14.2 Å². The molecular formula is C18H20ClN3O4. The Morgan fingerprint density at radius 2 is 1.88 bits per heavy atom. The molecule has 0 aliphatic carbocycles. The van der Waals surface area contributed by atoms with E-state index >= 15 is 0 Å². The highest BCUT2D eigenvalue weighted by molar-refractivity contribution is 6.34. The largest absolute Gasteiger partial charge is 0.493 e. The fourth-order valence-corrected chi connectivity index (χ4v) is 2.85. The average Bonchev–Trinajstić information content (AvgIpc) is 2.69. The third-order valence-electron chi connectivity index (χ3n) is 4.07. The molecule has 2 heterocycles. The highest BCUT2D eigenvalue weighted by atomic mass is 35.5. The molecule has 138 valence electrons. The molecule has 0 saturated carbocycles. The summed E-state index contributed by atoms with van der Waals surface area (Å²) in [6.45, 7) is 2.95. The van der Waals surface area contributed by atoms with Gasteiger partial charge in [0.25, 0.3) is 5.91 Å². The number of pyridine rings is 1. The summed E-state index contributed by atoms with van der Waals surface area (Å²) < 4.78 is 15.8. The smallest absolute Gasteiger partial charge is 0.257 e. The van der Waals surface area contributed by atoms with Crippen molar-refractivity contribution in [3.8, 4) is 11.5 Å². The molecule has 0 bridgehead atoms. The predicted octanol–water partition coefficient (Wildman–Crippen LogP) is 2.84. The van der Waals surface area contributed by atoms with Crippen LogP contribution in [0.5, 0.6) is 11.5 Å². The number of carbonyl (C=O) groups excluding carboxylic acids is 1. The van der Waals surface area contributed by atoms with E-state index in [2.05, 4.69) is 15.2 Å². The summed E-state index contributed by atoms with van der Waals surface area (Å²) in [5, 5.41) is 3.13. The monoisotopic (exact) mass is 377 g/mol. The molecule has 26 heavy (non-hydrogen) atoms. The predicted molar refractivity (Wildman–Crippen MR) is 99.8 cm³/mol. The van der Waals surface area contributed by atoms with Crippen LogP contribution in [0.3, 0.4) is 0 Å². The summed E-state index contributed by atoms with van der Waals surface area (Å²) in [7, 11) is 3.04. The Hall–Kier alpha value is -2.51. The first-order chi connectivity index (χ1) is 12.6. The number of nitrogens with zero attached hydrogens (tertiary/aromatic N) is 2. The van der Waals surface area contributed by atoms with E-state index < -0.39 is 0 Å². The minimum absolute atomic E-state index is 0.305. The third-order valence-corrected chi connectivity index (χ3v) is 4.38. The van der Waals surface area contributed by atoms with Gasteiger partial charge in [-0.05, 0) is 12.1 Å². The van der Waals surface area contributed by atoms with Crippen molar-refractivity contribution in [2.24, 2.45) is 0 Å². The zero-order chi connectivity index (χ0) is 18.5. The topological polar surface area (TPSA) is 72.9 Å². The molecule has 1 saturated heterocycles. The number of morpholine rings is 1. The zero-order valence-electron chi connectivity index (χ0n) is 14.6. The van der Waals surface area contributed by atoms with Crippen molar-refractivity contribution in [3.05, 3.63) is 41.0 Å². The van der Waals surface area contributed by atoms with Crippen molar-refractivity contribution in [1.29, 1.82) is 0 Å².